The smallest absolute Gasteiger partial charge is 0.137 e. The van der Waals surface area contributed by atoms with Crippen LogP contribution in [-0.2, 0) is 0 Å². The number of fused-ring (bicyclic) bond motifs is 2. The molecule has 6 nitrogen and oxygen atoms in total. The van der Waals surface area contributed by atoms with Gasteiger partial charge in [-0.2, -0.15) is 0 Å². The van der Waals surface area contributed by atoms with Crippen molar-refractivity contribution in [2.75, 3.05) is 24.5 Å². The lowest BCUT2D eigenvalue weighted by Crippen LogP contribution is -2.49. The summed E-state index contributed by atoms with van der Waals surface area (Å²) in [5.74, 6) is 1.04. The molecule has 6 heteroatoms. The number of anilines is 1. The Labute approximate surface area is 186 Å². The van der Waals surface area contributed by atoms with Gasteiger partial charge in [-0.15, -0.1) is 0 Å². The fraction of sp³-hybridized carbons (Fsp3) is 0.192. The maximum Gasteiger partial charge on any atom is 0.137 e. The number of hydrogen-bond donors (Lipinski definition) is 1. The topological polar surface area (TPSA) is 58.4 Å². The molecule has 0 aliphatic carbocycles. The van der Waals surface area contributed by atoms with Gasteiger partial charge >= 0.3 is 0 Å². The molecule has 1 aromatic carbocycles. The van der Waals surface area contributed by atoms with Crippen molar-refractivity contribution in [1.29, 1.82) is 0 Å². The monoisotopic (exact) mass is 420 g/mol. The largest absolute Gasteiger partial charge is 0.354 e. The molecule has 1 aliphatic rings. The molecular formula is C26H24N6. The predicted octanol–water partition coefficient (Wildman–Crippen LogP) is 4.41. The van der Waals surface area contributed by atoms with Crippen molar-refractivity contribution in [1.82, 2.24) is 24.7 Å². The van der Waals surface area contributed by atoms with Gasteiger partial charge in [0.2, 0.25) is 0 Å². The van der Waals surface area contributed by atoms with Gasteiger partial charge in [0.05, 0.1) is 17.4 Å². The highest BCUT2D eigenvalue weighted by molar-refractivity contribution is 5.93. The lowest BCUT2D eigenvalue weighted by molar-refractivity contribution is 0.482. The minimum atomic E-state index is 0.486. The Bertz CT molecular complexity index is 1400. The molecule has 1 N–H and O–H groups in total. The fourth-order valence-electron chi connectivity index (χ4n) is 4.56. The van der Waals surface area contributed by atoms with Crippen LogP contribution in [-0.4, -0.2) is 45.0 Å². The molecule has 32 heavy (non-hydrogen) atoms. The first-order valence-corrected chi connectivity index (χ1v) is 11.0. The molecule has 5 aromatic rings. The van der Waals surface area contributed by atoms with Gasteiger partial charge in [0.25, 0.3) is 0 Å². The zero-order valence-corrected chi connectivity index (χ0v) is 17.9. The van der Waals surface area contributed by atoms with Gasteiger partial charge < -0.3 is 10.2 Å². The van der Waals surface area contributed by atoms with Crippen LogP contribution in [0.15, 0.2) is 79.4 Å². The van der Waals surface area contributed by atoms with Crippen molar-refractivity contribution in [2.24, 2.45) is 0 Å². The molecule has 0 amide bonds. The van der Waals surface area contributed by atoms with Gasteiger partial charge in [0.1, 0.15) is 11.5 Å². The highest BCUT2D eigenvalue weighted by Gasteiger charge is 2.17. The molecule has 4 aromatic heterocycles. The lowest BCUT2D eigenvalue weighted by atomic mass is 10.1. The number of para-hydroxylation sites is 1. The molecule has 0 unspecified atom stereocenters. The Hall–Kier alpha value is -3.77. The summed E-state index contributed by atoms with van der Waals surface area (Å²) in [7, 11) is 0. The van der Waals surface area contributed by atoms with Crippen LogP contribution in [0.25, 0.3) is 38.9 Å². The second-order valence-corrected chi connectivity index (χ2v) is 8.37. The van der Waals surface area contributed by atoms with Crippen molar-refractivity contribution < 1.29 is 0 Å². The second-order valence-electron chi connectivity index (χ2n) is 8.37. The number of nitrogens with one attached hydrogen (secondary N) is 1. The number of pyridine rings is 3. The SMILES string of the molecule is C[C@H]1CN(c2ccc(-c3ccn4c(-c5ccnc6ccccc56)cnc4c3)cn2)CCN1. The van der Waals surface area contributed by atoms with Crippen LogP contribution < -0.4 is 10.2 Å². The van der Waals surface area contributed by atoms with Crippen molar-refractivity contribution in [3.05, 3.63) is 79.4 Å². The van der Waals surface area contributed by atoms with E-state index in [1.54, 1.807) is 0 Å². The summed E-state index contributed by atoms with van der Waals surface area (Å²) >= 11 is 0. The maximum atomic E-state index is 4.74. The molecule has 6 rings (SSSR count). The molecule has 0 bridgehead atoms. The molecule has 158 valence electrons. The molecule has 1 fully saturated rings. The number of benzene rings is 1. The zero-order valence-electron chi connectivity index (χ0n) is 17.9. The van der Waals surface area contributed by atoms with E-state index in [0.717, 1.165) is 64.4 Å². The average molecular weight is 421 g/mol. The Morgan fingerprint density at radius 3 is 2.75 bits per heavy atom. The van der Waals surface area contributed by atoms with Gasteiger partial charge in [-0.3, -0.25) is 9.38 Å². The van der Waals surface area contributed by atoms with Crippen molar-refractivity contribution >= 4 is 22.4 Å². The van der Waals surface area contributed by atoms with Gasteiger partial charge in [-0.05, 0) is 48.9 Å². The number of imidazole rings is 1. The number of nitrogens with zero attached hydrogens (tertiary/aromatic N) is 5. The first-order valence-electron chi connectivity index (χ1n) is 11.0. The second kappa shape index (κ2) is 7.73. The van der Waals surface area contributed by atoms with E-state index in [0.29, 0.717) is 6.04 Å². The Morgan fingerprint density at radius 2 is 1.88 bits per heavy atom. The van der Waals surface area contributed by atoms with E-state index in [1.165, 1.54) is 0 Å². The molecular weight excluding hydrogens is 396 g/mol. The van der Waals surface area contributed by atoms with Crippen LogP contribution in [0.5, 0.6) is 0 Å². The van der Waals surface area contributed by atoms with E-state index in [2.05, 4.69) is 69.1 Å². The molecule has 0 radical (unpaired) electrons. The Kier molecular flexibility index (Phi) is 4.58. The van der Waals surface area contributed by atoms with E-state index in [9.17, 15) is 0 Å². The van der Waals surface area contributed by atoms with Gasteiger partial charge in [-0.25, -0.2) is 9.97 Å². The third-order valence-electron chi connectivity index (χ3n) is 6.21. The standard InChI is InChI=1S/C26H24N6/c1-18-17-31(13-11-27-18)25-7-6-20(15-29-25)19-9-12-32-24(16-30-26(32)14-19)22-8-10-28-23-5-3-2-4-21(22)23/h2-10,12,14-16,18,27H,11,13,17H2,1H3/t18-/m0/s1. The van der Waals surface area contributed by atoms with Crippen molar-refractivity contribution in [3.63, 3.8) is 0 Å². The summed E-state index contributed by atoms with van der Waals surface area (Å²) in [4.78, 5) is 16.3. The summed E-state index contributed by atoms with van der Waals surface area (Å²) in [6.45, 7) is 5.18. The van der Waals surface area contributed by atoms with Gasteiger partial charge in [0, 0.05) is 60.8 Å². The zero-order chi connectivity index (χ0) is 21.5. The van der Waals surface area contributed by atoms with Crippen LogP contribution in [0.1, 0.15) is 6.92 Å². The number of rotatable bonds is 3. The highest BCUT2D eigenvalue weighted by Crippen LogP contribution is 2.29. The molecule has 1 atom stereocenters. The average Bonchev–Trinajstić information content (AvgIpc) is 3.27. The summed E-state index contributed by atoms with van der Waals surface area (Å²) in [5, 5.41) is 4.60. The quantitative estimate of drug-likeness (QED) is 0.469. The summed E-state index contributed by atoms with van der Waals surface area (Å²) in [6.07, 6.45) is 7.85. The molecule has 5 heterocycles. The van der Waals surface area contributed by atoms with E-state index in [-0.39, 0.29) is 0 Å². The Morgan fingerprint density at radius 1 is 0.938 bits per heavy atom. The number of hydrogen-bond acceptors (Lipinski definition) is 5. The number of aromatic nitrogens is 4. The van der Waals surface area contributed by atoms with Crippen LogP contribution in [0.3, 0.4) is 0 Å². The van der Waals surface area contributed by atoms with Crippen molar-refractivity contribution in [2.45, 2.75) is 13.0 Å². The van der Waals surface area contributed by atoms with E-state index in [1.807, 2.05) is 36.8 Å². The van der Waals surface area contributed by atoms with E-state index < -0.39 is 0 Å². The minimum absolute atomic E-state index is 0.486. The van der Waals surface area contributed by atoms with E-state index >= 15 is 0 Å². The van der Waals surface area contributed by atoms with Crippen LogP contribution in [0.2, 0.25) is 0 Å². The van der Waals surface area contributed by atoms with Gasteiger partial charge in [-0.1, -0.05) is 18.2 Å². The Balaban J connectivity index is 1.34. The molecule has 0 saturated carbocycles. The highest BCUT2D eigenvalue weighted by atomic mass is 15.2. The molecule has 0 spiro atoms. The van der Waals surface area contributed by atoms with Crippen LogP contribution in [0.4, 0.5) is 5.82 Å². The third kappa shape index (κ3) is 3.29. The fourth-order valence-corrected chi connectivity index (χ4v) is 4.56. The normalized spacial score (nSPS) is 16.7. The first kappa shape index (κ1) is 19.0. The summed E-state index contributed by atoms with van der Waals surface area (Å²) < 4.78 is 2.13. The first-order chi connectivity index (χ1) is 15.8. The van der Waals surface area contributed by atoms with Gasteiger partial charge in [0.15, 0.2) is 0 Å². The lowest BCUT2D eigenvalue weighted by Gasteiger charge is -2.32. The third-order valence-corrected chi connectivity index (χ3v) is 6.21. The molecule has 1 saturated heterocycles. The molecule has 1 aliphatic heterocycles. The van der Waals surface area contributed by atoms with Crippen molar-refractivity contribution in [3.8, 4) is 22.4 Å². The van der Waals surface area contributed by atoms with Crippen LogP contribution >= 0.6 is 0 Å². The summed E-state index contributed by atoms with van der Waals surface area (Å²) in [5.41, 5.74) is 6.30. The maximum absolute atomic E-state index is 4.74. The number of piperazine rings is 1. The predicted molar refractivity (Wildman–Crippen MR) is 129 cm³/mol. The van der Waals surface area contributed by atoms with E-state index in [4.69, 9.17) is 9.97 Å². The summed E-state index contributed by atoms with van der Waals surface area (Å²) in [6, 6.07) is 19.3. The minimum Gasteiger partial charge on any atom is -0.354 e. The van der Waals surface area contributed by atoms with Crippen LogP contribution in [0, 0.1) is 0 Å².